The van der Waals surface area contributed by atoms with Crippen molar-refractivity contribution < 1.29 is 0 Å². The first-order chi connectivity index (χ1) is 16.4. The number of thiazole rings is 1. The molecule has 5 nitrogen and oxygen atoms in total. The van der Waals surface area contributed by atoms with Gasteiger partial charge < -0.3 is 5.32 Å². The molecule has 0 amide bonds. The normalized spacial score (nSPS) is 11.2. The largest absolute Gasteiger partial charge is 0.354 e. The molecule has 0 aliphatic rings. The number of nitrogens with zero attached hydrogens (tertiary/aromatic N) is 3. The average molecular weight is 596 g/mol. The fourth-order valence-electron chi connectivity index (χ4n) is 3.70. The van der Waals surface area contributed by atoms with Gasteiger partial charge in [0.05, 0.1) is 28.8 Å². The summed E-state index contributed by atoms with van der Waals surface area (Å²) in [5.74, 6) is 0.608. The van der Waals surface area contributed by atoms with Gasteiger partial charge in [-0.1, -0.05) is 63.5 Å². The Bertz CT molecular complexity index is 1560. The molecule has 0 radical (unpaired) electrons. The van der Waals surface area contributed by atoms with Crippen molar-refractivity contribution in [3.8, 4) is 16.9 Å². The molecule has 2 heterocycles. The van der Waals surface area contributed by atoms with Crippen molar-refractivity contribution in [2.75, 3.05) is 5.32 Å². The number of hydrogen-bond donors (Lipinski definition) is 1. The summed E-state index contributed by atoms with van der Waals surface area (Å²) < 4.78 is 3.25. The quantitative estimate of drug-likeness (QED) is 0.232. The molecule has 0 aliphatic carbocycles. The van der Waals surface area contributed by atoms with E-state index in [1.165, 1.54) is 16.9 Å². The van der Waals surface area contributed by atoms with Crippen LogP contribution in [0.5, 0.6) is 0 Å². The Hall–Kier alpha value is -2.81. The standard InChI is InChI=1S/C26H20Br2N4OS/c1-15-3-7-17(8-4-15)22-14-34-26(30-22)29-13-23-31-24-20(11-18(27)12-21(24)28)25(33)32(23)19-9-5-16(2)6-10-19/h3-12,14H,13H2,1-2H3,(H,29,30). The van der Waals surface area contributed by atoms with Crippen molar-refractivity contribution in [1.29, 1.82) is 0 Å². The highest BCUT2D eigenvalue weighted by Gasteiger charge is 2.16. The van der Waals surface area contributed by atoms with Crippen LogP contribution in [0.15, 0.2) is 79.8 Å². The Morgan fingerprint density at radius 1 is 0.941 bits per heavy atom. The van der Waals surface area contributed by atoms with E-state index in [2.05, 4.69) is 68.4 Å². The first-order valence-corrected chi connectivity index (χ1v) is 13.1. The second-order valence-electron chi connectivity index (χ2n) is 8.05. The number of aryl methyl sites for hydroxylation is 2. The van der Waals surface area contributed by atoms with E-state index in [0.717, 1.165) is 36.6 Å². The van der Waals surface area contributed by atoms with E-state index in [-0.39, 0.29) is 5.56 Å². The van der Waals surface area contributed by atoms with Crippen LogP contribution in [0.25, 0.3) is 27.8 Å². The topological polar surface area (TPSA) is 59.8 Å². The van der Waals surface area contributed by atoms with E-state index in [4.69, 9.17) is 9.97 Å². The van der Waals surface area contributed by atoms with Crippen LogP contribution in [0.3, 0.4) is 0 Å². The molecule has 8 heteroatoms. The Morgan fingerprint density at radius 2 is 1.62 bits per heavy atom. The first-order valence-electron chi connectivity index (χ1n) is 10.6. The Balaban J connectivity index is 1.54. The highest BCUT2D eigenvalue weighted by Crippen LogP contribution is 2.28. The molecule has 0 spiro atoms. The summed E-state index contributed by atoms with van der Waals surface area (Å²) in [6.07, 6.45) is 0. The second-order valence-corrected chi connectivity index (χ2v) is 10.7. The van der Waals surface area contributed by atoms with Gasteiger partial charge >= 0.3 is 0 Å². The van der Waals surface area contributed by atoms with Gasteiger partial charge in [0.15, 0.2) is 5.13 Å². The van der Waals surface area contributed by atoms with Gasteiger partial charge in [0.25, 0.3) is 5.56 Å². The van der Waals surface area contributed by atoms with Gasteiger partial charge in [-0.3, -0.25) is 9.36 Å². The number of halogens is 2. The van der Waals surface area contributed by atoms with Crippen LogP contribution in [0, 0.1) is 13.8 Å². The van der Waals surface area contributed by atoms with Crippen molar-refractivity contribution >= 4 is 59.2 Å². The van der Waals surface area contributed by atoms with Crippen LogP contribution in [0.2, 0.25) is 0 Å². The molecule has 3 aromatic carbocycles. The lowest BCUT2D eigenvalue weighted by Gasteiger charge is -2.15. The monoisotopic (exact) mass is 594 g/mol. The molecule has 0 bridgehead atoms. The third-order valence-electron chi connectivity index (χ3n) is 5.50. The maximum absolute atomic E-state index is 13.6. The van der Waals surface area contributed by atoms with Crippen LogP contribution in [0.4, 0.5) is 5.13 Å². The SMILES string of the molecule is Cc1ccc(-c2csc(NCc3nc4c(Br)cc(Br)cc4c(=O)n3-c3ccc(C)cc3)n2)cc1. The summed E-state index contributed by atoms with van der Waals surface area (Å²) in [6, 6.07) is 19.9. The van der Waals surface area contributed by atoms with Gasteiger partial charge in [-0.15, -0.1) is 11.3 Å². The smallest absolute Gasteiger partial charge is 0.266 e. The zero-order chi connectivity index (χ0) is 23.8. The number of anilines is 1. The number of hydrogen-bond acceptors (Lipinski definition) is 5. The second kappa shape index (κ2) is 9.44. The molecular weight excluding hydrogens is 576 g/mol. The van der Waals surface area contributed by atoms with E-state index < -0.39 is 0 Å². The number of fused-ring (bicyclic) bond motifs is 1. The van der Waals surface area contributed by atoms with E-state index in [0.29, 0.717) is 23.3 Å². The zero-order valence-electron chi connectivity index (χ0n) is 18.5. The molecule has 1 N–H and O–H groups in total. The predicted molar refractivity (Wildman–Crippen MR) is 147 cm³/mol. The van der Waals surface area contributed by atoms with Gasteiger partial charge in [-0.2, -0.15) is 0 Å². The van der Waals surface area contributed by atoms with Gasteiger partial charge in [0.1, 0.15) is 5.82 Å². The van der Waals surface area contributed by atoms with E-state index in [9.17, 15) is 4.79 Å². The molecule has 34 heavy (non-hydrogen) atoms. The Labute approximate surface area is 217 Å². The Morgan fingerprint density at radius 3 is 2.32 bits per heavy atom. The Kier molecular flexibility index (Phi) is 6.38. The van der Waals surface area contributed by atoms with Gasteiger partial charge in [-0.25, -0.2) is 9.97 Å². The summed E-state index contributed by atoms with van der Waals surface area (Å²) in [7, 11) is 0. The maximum atomic E-state index is 13.6. The molecule has 0 saturated heterocycles. The molecule has 0 saturated carbocycles. The summed E-state index contributed by atoms with van der Waals surface area (Å²) in [5.41, 5.74) is 5.62. The summed E-state index contributed by atoms with van der Waals surface area (Å²) in [4.78, 5) is 23.2. The number of nitrogens with one attached hydrogen (secondary N) is 1. The third-order valence-corrected chi connectivity index (χ3v) is 7.36. The summed E-state index contributed by atoms with van der Waals surface area (Å²) in [5, 5.41) is 6.71. The van der Waals surface area contributed by atoms with E-state index >= 15 is 0 Å². The molecule has 0 atom stereocenters. The van der Waals surface area contributed by atoms with E-state index in [1.54, 1.807) is 4.57 Å². The summed E-state index contributed by atoms with van der Waals surface area (Å²) >= 11 is 8.58. The minimum Gasteiger partial charge on any atom is -0.354 e. The number of benzene rings is 3. The van der Waals surface area contributed by atoms with Crippen LogP contribution < -0.4 is 10.9 Å². The minimum absolute atomic E-state index is 0.118. The van der Waals surface area contributed by atoms with E-state index in [1.807, 2.05) is 48.7 Å². The minimum atomic E-state index is -0.118. The molecule has 0 aliphatic heterocycles. The molecule has 0 fully saturated rings. The van der Waals surface area contributed by atoms with Crippen molar-refractivity contribution in [3.63, 3.8) is 0 Å². The summed E-state index contributed by atoms with van der Waals surface area (Å²) in [6.45, 7) is 4.44. The molecular formula is C26H20Br2N4OS. The van der Waals surface area contributed by atoms with Gasteiger partial charge in [0.2, 0.25) is 0 Å². The molecule has 170 valence electrons. The van der Waals surface area contributed by atoms with Gasteiger partial charge in [-0.05, 0) is 54.0 Å². The first kappa shape index (κ1) is 23.0. The lowest BCUT2D eigenvalue weighted by atomic mass is 10.1. The highest BCUT2D eigenvalue weighted by molar-refractivity contribution is 9.11. The van der Waals surface area contributed by atoms with Crippen molar-refractivity contribution in [2.24, 2.45) is 0 Å². The third kappa shape index (κ3) is 4.58. The average Bonchev–Trinajstić information content (AvgIpc) is 3.29. The van der Waals surface area contributed by atoms with Crippen molar-refractivity contribution in [1.82, 2.24) is 14.5 Å². The lowest BCUT2D eigenvalue weighted by Crippen LogP contribution is -2.25. The maximum Gasteiger partial charge on any atom is 0.266 e. The molecule has 2 aromatic heterocycles. The van der Waals surface area contributed by atoms with Gasteiger partial charge in [0, 0.05) is 19.9 Å². The number of rotatable bonds is 5. The lowest BCUT2D eigenvalue weighted by molar-refractivity contribution is 0.837. The van der Waals surface area contributed by atoms with Crippen molar-refractivity contribution in [2.45, 2.75) is 20.4 Å². The molecule has 5 aromatic rings. The van der Waals surface area contributed by atoms with Crippen LogP contribution in [0.1, 0.15) is 17.0 Å². The van der Waals surface area contributed by atoms with Crippen LogP contribution in [-0.2, 0) is 6.54 Å². The fraction of sp³-hybridized carbons (Fsp3) is 0.115. The molecule has 0 unspecified atom stereocenters. The fourth-order valence-corrected chi connectivity index (χ4v) is 5.74. The van der Waals surface area contributed by atoms with Crippen LogP contribution in [-0.4, -0.2) is 14.5 Å². The number of aromatic nitrogens is 3. The predicted octanol–water partition coefficient (Wildman–Crippen LogP) is 7.26. The molecule has 5 rings (SSSR count). The van der Waals surface area contributed by atoms with Crippen molar-refractivity contribution in [3.05, 3.63) is 102 Å². The zero-order valence-corrected chi connectivity index (χ0v) is 22.5. The van der Waals surface area contributed by atoms with Crippen LogP contribution >= 0.6 is 43.2 Å². The highest BCUT2D eigenvalue weighted by atomic mass is 79.9.